The van der Waals surface area contributed by atoms with Crippen LogP contribution in [0.15, 0.2) is 48.5 Å². The third-order valence-electron chi connectivity index (χ3n) is 13.5. The van der Waals surface area contributed by atoms with Gasteiger partial charge in [-0.15, -0.1) is 121 Å². The highest BCUT2D eigenvalue weighted by atomic mass is 35.5. The molecule has 0 spiro atoms. The monoisotopic (exact) mass is 1330 g/mol. The number of anilines is 2. The number of halogens is 10. The molecule has 2 aliphatic heterocycles. The van der Waals surface area contributed by atoms with Gasteiger partial charge in [-0.2, -0.15) is 0 Å². The van der Waals surface area contributed by atoms with Gasteiger partial charge in [0.1, 0.15) is 25.3 Å². The summed E-state index contributed by atoms with van der Waals surface area (Å²) in [6, 6.07) is 12.6. The lowest BCUT2D eigenvalue weighted by Crippen LogP contribution is -2.41. The smallest absolute Gasteiger partial charge is 0.323 e. The van der Waals surface area contributed by atoms with Crippen LogP contribution in [0.4, 0.5) is 11.4 Å². The van der Waals surface area contributed by atoms with E-state index in [1.54, 1.807) is 0 Å². The van der Waals surface area contributed by atoms with Crippen LogP contribution >= 0.6 is 121 Å². The van der Waals surface area contributed by atoms with Crippen molar-refractivity contribution in [3.63, 3.8) is 0 Å². The van der Waals surface area contributed by atoms with Gasteiger partial charge in [0, 0.05) is 61.1 Å². The highest BCUT2D eigenvalue weighted by molar-refractivity contribution is 6.19. The summed E-state index contributed by atoms with van der Waals surface area (Å²) in [4.78, 5) is 82.7. The average molecular weight is 1330 g/mol. The SMILES string of the molecule is Cl.Cl.Cl.Cl.Cl.Cl.N[C@@H](Cc1ccc(N(CCCl)CCCl)cc1)C(=O)OCCN1C(=O)CC(NCCCCCCCCCCCCCCCCNC2CC(=O)N(CCOC(=O)[C@@H](N)Cc3ccc(N(CCCl)CCCl)cc3)C2=O)C1=O. The summed E-state index contributed by atoms with van der Waals surface area (Å²) in [5.41, 5.74) is 16.0. The molecule has 2 unspecified atom stereocenters. The fraction of sp³-hybridized carbons (Fsp3) is 0.667. The van der Waals surface area contributed by atoms with Crippen LogP contribution in [0.3, 0.4) is 0 Å². The first-order valence-electron chi connectivity index (χ1n) is 26.8. The minimum Gasteiger partial charge on any atom is -0.463 e. The van der Waals surface area contributed by atoms with Crippen molar-refractivity contribution in [1.29, 1.82) is 0 Å². The first-order valence-corrected chi connectivity index (χ1v) is 29.0. The standard InChI is InChI=1S/C54H82Cl4N8O8.6ClH/c55-23-29-63(30-24-56)43-19-15-41(16-20-43)37-45(59)53(71)73-35-33-65-49(67)39-47(51(65)69)61-27-13-11-9-7-5-3-1-2-4-6-8-10-12-14-28-62-48-40-50(68)66(52(48)70)34-36-74-54(72)46(60)38-42-17-21-44(22-18-42)64(31-25-57)32-26-58;;;;;;/h15-22,45-48,61-62H,1-14,23-40,59-60H2;6*1H/t45-,46-,47?,48?;;;;;;/m0....../s1. The van der Waals surface area contributed by atoms with Gasteiger partial charge in [0.2, 0.25) is 23.6 Å². The minimum absolute atomic E-state index is 0. The summed E-state index contributed by atoms with van der Waals surface area (Å²) in [5, 5.41) is 6.49. The zero-order valence-corrected chi connectivity index (χ0v) is 53.6. The summed E-state index contributed by atoms with van der Waals surface area (Å²) >= 11 is 23.7. The number of carbonyl (C=O) groups excluding carboxylic acids is 6. The quantitative estimate of drug-likeness (QED) is 0.0212. The predicted octanol–water partition coefficient (Wildman–Crippen LogP) is 9.21. The van der Waals surface area contributed by atoms with Gasteiger partial charge in [0.25, 0.3) is 0 Å². The molecular weight excluding hydrogens is 1240 g/mol. The summed E-state index contributed by atoms with van der Waals surface area (Å²) in [7, 11) is 0. The Kier molecular flexibility index (Phi) is 49.6. The number of rotatable bonds is 41. The van der Waals surface area contributed by atoms with Gasteiger partial charge in [-0.05, 0) is 74.2 Å². The number of alkyl halides is 4. The van der Waals surface area contributed by atoms with Gasteiger partial charge in [-0.1, -0.05) is 101 Å². The molecule has 462 valence electrons. The van der Waals surface area contributed by atoms with Crippen LogP contribution in [-0.2, 0) is 51.1 Å². The second-order valence-electron chi connectivity index (χ2n) is 19.2. The zero-order valence-electron chi connectivity index (χ0n) is 45.7. The molecular formula is C54H88Cl10N8O8. The maximum absolute atomic E-state index is 12.9. The Hall–Kier alpha value is -2.00. The van der Waals surface area contributed by atoms with Crippen molar-refractivity contribution in [2.75, 3.05) is 98.9 Å². The van der Waals surface area contributed by atoms with E-state index < -0.39 is 36.1 Å². The number of hydrogen-bond acceptors (Lipinski definition) is 14. The topological polar surface area (TPSA) is 210 Å². The minimum atomic E-state index is -0.877. The average Bonchev–Trinajstić information content (AvgIpc) is 3.82. The Balaban J connectivity index is -0.00000988. The molecule has 0 aromatic heterocycles. The van der Waals surface area contributed by atoms with Crippen LogP contribution in [0.5, 0.6) is 0 Å². The molecule has 4 atom stereocenters. The van der Waals surface area contributed by atoms with Gasteiger partial charge in [-0.3, -0.25) is 38.6 Å². The van der Waals surface area contributed by atoms with E-state index in [9.17, 15) is 28.8 Å². The van der Waals surface area contributed by atoms with Gasteiger partial charge in [-0.25, -0.2) is 0 Å². The molecule has 0 bridgehead atoms. The van der Waals surface area contributed by atoms with E-state index in [4.69, 9.17) is 67.3 Å². The lowest BCUT2D eigenvalue weighted by Gasteiger charge is -2.23. The third kappa shape index (κ3) is 30.2. The highest BCUT2D eigenvalue weighted by Crippen LogP contribution is 2.20. The first-order chi connectivity index (χ1) is 35.9. The normalized spacial score (nSPS) is 15.3. The molecule has 4 rings (SSSR count). The summed E-state index contributed by atoms with van der Waals surface area (Å²) in [6.45, 7) is 3.83. The van der Waals surface area contributed by atoms with Gasteiger partial charge < -0.3 is 41.4 Å². The largest absolute Gasteiger partial charge is 0.463 e. The van der Waals surface area contributed by atoms with Crippen LogP contribution in [0.1, 0.15) is 114 Å². The van der Waals surface area contributed by atoms with Crippen LogP contribution in [0, 0.1) is 0 Å². The van der Waals surface area contributed by atoms with E-state index in [1.807, 2.05) is 48.5 Å². The van der Waals surface area contributed by atoms with Crippen molar-refractivity contribution in [3.05, 3.63) is 59.7 Å². The van der Waals surface area contributed by atoms with E-state index in [-0.39, 0.29) is 137 Å². The fourth-order valence-electron chi connectivity index (χ4n) is 9.28. The van der Waals surface area contributed by atoms with Crippen LogP contribution in [0.25, 0.3) is 0 Å². The molecule has 6 N–H and O–H groups in total. The van der Waals surface area contributed by atoms with Crippen molar-refractivity contribution >= 4 is 168 Å². The lowest BCUT2D eigenvalue weighted by atomic mass is 10.0. The molecule has 16 nitrogen and oxygen atoms in total. The Bertz CT molecular complexity index is 1860. The van der Waals surface area contributed by atoms with E-state index in [0.29, 0.717) is 75.6 Å². The summed E-state index contributed by atoms with van der Waals surface area (Å²) < 4.78 is 10.7. The molecule has 2 heterocycles. The predicted molar refractivity (Wildman–Crippen MR) is 340 cm³/mol. The highest BCUT2D eigenvalue weighted by Gasteiger charge is 2.39. The Morgan fingerprint density at radius 1 is 0.487 bits per heavy atom. The molecule has 2 aromatic carbocycles. The maximum atomic E-state index is 12.9. The number of benzene rings is 2. The van der Waals surface area contributed by atoms with Crippen LogP contribution < -0.4 is 31.9 Å². The van der Waals surface area contributed by atoms with Gasteiger partial charge in [0.15, 0.2) is 0 Å². The number of likely N-dealkylation sites (tertiary alicyclic amines) is 2. The van der Waals surface area contributed by atoms with Gasteiger partial charge >= 0.3 is 11.9 Å². The van der Waals surface area contributed by atoms with Crippen LogP contribution in [-0.4, -0.2) is 159 Å². The molecule has 2 fully saturated rings. The Morgan fingerprint density at radius 3 is 1.04 bits per heavy atom. The molecule has 2 saturated heterocycles. The lowest BCUT2D eigenvalue weighted by molar-refractivity contribution is -0.149. The Morgan fingerprint density at radius 2 is 0.762 bits per heavy atom. The molecule has 2 aliphatic rings. The molecule has 0 radical (unpaired) electrons. The number of esters is 2. The second kappa shape index (κ2) is 48.3. The van der Waals surface area contributed by atoms with Crippen LogP contribution in [0.2, 0.25) is 0 Å². The Labute approximate surface area is 532 Å². The molecule has 0 saturated carbocycles. The van der Waals surface area contributed by atoms with E-state index in [0.717, 1.165) is 61.0 Å². The first kappa shape index (κ1) is 82.2. The number of hydrogen-bond donors (Lipinski definition) is 4. The van der Waals surface area contributed by atoms with E-state index >= 15 is 0 Å². The molecule has 80 heavy (non-hydrogen) atoms. The molecule has 2 aromatic rings. The van der Waals surface area contributed by atoms with E-state index in [2.05, 4.69) is 20.4 Å². The number of nitrogens with two attached hydrogens (primary N) is 2. The summed E-state index contributed by atoms with van der Waals surface area (Å²) in [5.74, 6) is -0.345. The number of nitrogens with zero attached hydrogens (tertiary/aromatic N) is 4. The van der Waals surface area contributed by atoms with Gasteiger partial charge in [0.05, 0.1) is 38.0 Å². The zero-order chi connectivity index (χ0) is 53.5. The third-order valence-corrected chi connectivity index (χ3v) is 14.2. The maximum Gasteiger partial charge on any atom is 0.323 e. The molecule has 4 amide bonds. The number of ether oxygens (including phenoxy) is 2. The molecule has 26 heteroatoms. The second-order valence-corrected chi connectivity index (χ2v) is 20.7. The van der Waals surface area contributed by atoms with E-state index in [1.165, 1.54) is 61.2 Å². The van der Waals surface area contributed by atoms with Crippen molar-refractivity contribution in [3.8, 4) is 0 Å². The van der Waals surface area contributed by atoms with Crippen molar-refractivity contribution in [2.45, 2.75) is 140 Å². The number of carbonyl (C=O) groups is 6. The number of unbranched alkanes of at least 4 members (excludes halogenated alkanes) is 13. The summed E-state index contributed by atoms with van der Waals surface area (Å²) in [6.07, 6.45) is 16.8. The number of amides is 4. The fourth-order valence-corrected chi connectivity index (χ4v) is 10.1. The number of imide groups is 2. The van der Waals surface area contributed by atoms with Crippen molar-refractivity contribution in [1.82, 2.24) is 20.4 Å². The number of nitrogens with one attached hydrogen (secondary N) is 2. The molecule has 0 aliphatic carbocycles. The van der Waals surface area contributed by atoms with Crippen molar-refractivity contribution in [2.24, 2.45) is 11.5 Å². The van der Waals surface area contributed by atoms with Crippen molar-refractivity contribution < 1.29 is 38.2 Å².